The molecule has 3 atom stereocenters. The van der Waals surface area contributed by atoms with Crippen LogP contribution in [-0.4, -0.2) is 37.7 Å². The highest BCUT2D eigenvalue weighted by molar-refractivity contribution is 5.78. The zero-order valence-electron chi connectivity index (χ0n) is 12.7. The number of hydrogen-bond acceptors (Lipinski definition) is 3. The molecule has 5 heteroatoms. The first kappa shape index (κ1) is 15.4. The summed E-state index contributed by atoms with van der Waals surface area (Å²) >= 11 is 0. The average Bonchev–Trinajstić information content (AvgIpc) is 2.56. The van der Waals surface area contributed by atoms with E-state index in [1.54, 1.807) is 12.1 Å². The molecule has 1 saturated carbocycles. The van der Waals surface area contributed by atoms with E-state index in [2.05, 4.69) is 10.6 Å². The topological polar surface area (TPSA) is 50.4 Å². The monoisotopic (exact) mass is 306 g/mol. The fourth-order valence-electron chi connectivity index (χ4n) is 3.42. The summed E-state index contributed by atoms with van der Waals surface area (Å²) in [6.07, 6.45) is 3.42. The Morgan fingerprint density at radius 1 is 1.36 bits per heavy atom. The van der Waals surface area contributed by atoms with E-state index in [1.165, 1.54) is 6.07 Å². The van der Waals surface area contributed by atoms with Crippen LogP contribution in [0.1, 0.15) is 24.8 Å². The summed E-state index contributed by atoms with van der Waals surface area (Å²) in [5.41, 5.74) is 0.647. The number of fused-ring (bicyclic) bond motifs is 1. The molecule has 0 radical (unpaired) electrons. The van der Waals surface area contributed by atoms with Gasteiger partial charge in [0.25, 0.3) is 0 Å². The van der Waals surface area contributed by atoms with Gasteiger partial charge in [-0.25, -0.2) is 4.39 Å². The lowest BCUT2D eigenvalue weighted by atomic mass is 9.82. The molecule has 0 unspecified atom stereocenters. The number of amides is 1. The quantitative estimate of drug-likeness (QED) is 0.889. The predicted octanol–water partition coefficient (Wildman–Crippen LogP) is 1.64. The van der Waals surface area contributed by atoms with Gasteiger partial charge in [0, 0.05) is 25.0 Å². The summed E-state index contributed by atoms with van der Waals surface area (Å²) in [7, 11) is 0. The van der Waals surface area contributed by atoms with Crippen molar-refractivity contribution in [1.29, 1.82) is 0 Å². The molecule has 2 N–H and O–H groups in total. The van der Waals surface area contributed by atoms with Crippen molar-refractivity contribution in [1.82, 2.24) is 10.6 Å². The Labute approximate surface area is 130 Å². The molecule has 1 aromatic rings. The third-order valence-electron chi connectivity index (χ3n) is 4.65. The van der Waals surface area contributed by atoms with Crippen LogP contribution in [0, 0.1) is 11.7 Å². The van der Waals surface area contributed by atoms with Gasteiger partial charge < -0.3 is 15.4 Å². The average molecular weight is 306 g/mol. The van der Waals surface area contributed by atoms with Crippen molar-refractivity contribution in [2.75, 3.05) is 19.7 Å². The van der Waals surface area contributed by atoms with Gasteiger partial charge in [-0.2, -0.15) is 0 Å². The van der Waals surface area contributed by atoms with E-state index in [1.807, 2.05) is 6.07 Å². The molecular formula is C17H23FN2O2. The summed E-state index contributed by atoms with van der Waals surface area (Å²) in [5, 5.41) is 6.39. The number of carbonyl (C=O) groups excluding carboxylic acids is 1. The maximum Gasteiger partial charge on any atom is 0.223 e. The molecule has 1 aromatic carbocycles. The molecule has 22 heavy (non-hydrogen) atoms. The highest BCUT2D eigenvalue weighted by Crippen LogP contribution is 2.28. The maximum absolute atomic E-state index is 13.5. The summed E-state index contributed by atoms with van der Waals surface area (Å²) in [5.74, 6) is -0.0842. The van der Waals surface area contributed by atoms with Gasteiger partial charge in [-0.1, -0.05) is 18.2 Å². The highest BCUT2D eigenvalue weighted by atomic mass is 19.1. The van der Waals surface area contributed by atoms with Crippen LogP contribution in [0.4, 0.5) is 4.39 Å². The molecule has 0 aromatic heterocycles. The smallest absolute Gasteiger partial charge is 0.223 e. The van der Waals surface area contributed by atoms with Gasteiger partial charge >= 0.3 is 0 Å². The number of rotatable bonds is 4. The van der Waals surface area contributed by atoms with Gasteiger partial charge in [-0.05, 0) is 37.3 Å². The Morgan fingerprint density at radius 3 is 3.09 bits per heavy atom. The van der Waals surface area contributed by atoms with Gasteiger partial charge in [0.1, 0.15) is 5.82 Å². The minimum absolute atomic E-state index is 0.0380. The number of morpholine rings is 1. The molecule has 0 bridgehead atoms. The summed E-state index contributed by atoms with van der Waals surface area (Å²) in [6, 6.07) is 7.00. The molecular weight excluding hydrogens is 283 g/mol. The van der Waals surface area contributed by atoms with Gasteiger partial charge in [0.05, 0.1) is 12.7 Å². The second-order valence-corrected chi connectivity index (χ2v) is 6.11. The minimum Gasteiger partial charge on any atom is -0.375 e. The van der Waals surface area contributed by atoms with E-state index >= 15 is 0 Å². The SMILES string of the molecule is O=C(NCCc1ccccc1F)[C@H]1CC[C@H]2OCCN[C@@H]2C1. The van der Waals surface area contributed by atoms with Gasteiger partial charge in [-0.3, -0.25) is 4.79 Å². The van der Waals surface area contributed by atoms with Gasteiger partial charge in [0.15, 0.2) is 0 Å². The lowest BCUT2D eigenvalue weighted by molar-refractivity contribution is -0.128. The van der Waals surface area contributed by atoms with Crippen molar-refractivity contribution >= 4 is 5.91 Å². The van der Waals surface area contributed by atoms with Crippen molar-refractivity contribution < 1.29 is 13.9 Å². The van der Waals surface area contributed by atoms with Crippen LogP contribution < -0.4 is 10.6 Å². The lowest BCUT2D eigenvalue weighted by Crippen LogP contribution is -2.53. The third-order valence-corrected chi connectivity index (χ3v) is 4.65. The van der Waals surface area contributed by atoms with Crippen molar-refractivity contribution in [3.8, 4) is 0 Å². The first-order chi connectivity index (χ1) is 10.7. The number of benzene rings is 1. The number of halogens is 1. The minimum atomic E-state index is -0.208. The summed E-state index contributed by atoms with van der Waals surface area (Å²) < 4.78 is 19.2. The van der Waals surface area contributed by atoms with Crippen LogP contribution >= 0.6 is 0 Å². The lowest BCUT2D eigenvalue weighted by Gasteiger charge is -2.39. The van der Waals surface area contributed by atoms with Crippen molar-refractivity contribution in [3.05, 3.63) is 35.6 Å². The Balaban J connectivity index is 1.45. The number of ether oxygens (including phenoxy) is 1. The van der Waals surface area contributed by atoms with Crippen LogP contribution in [0.25, 0.3) is 0 Å². The maximum atomic E-state index is 13.5. The van der Waals surface area contributed by atoms with Crippen molar-refractivity contribution in [2.24, 2.45) is 5.92 Å². The van der Waals surface area contributed by atoms with Crippen molar-refractivity contribution in [2.45, 2.75) is 37.8 Å². The second-order valence-electron chi connectivity index (χ2n) is 6.11. The van der Waals surface area contributed by atoms with Gasteiger partial charge in [-0.15, -0.1) is 0 Å². The fourth-order valence-corrected chi connectivity index (χ4v) is 3.42. The Hall–Kier alpha value is -1.46. The van der Waals surface area contributed by atoms with Crippen LogP contribution in [0.2, 0.25) is 0 Å². The van der Waals surface area contributed by atoms with E-state index < -0.39 is 0 Å². The number of carbonyl (C=O) groups is 1. The third kappa shape index (κ3) is 3.65. The zero-order valence-corrected chi connectivity index (χ0v) is 12.7. The molecule has 2 aliphatic rings. The molecule has 1 saturated heterocycles. The molecule has 1 aliphatic carbocycles. The molecule has 1 aliphatic heterocycles. The van der Waals surface area contributed by atoms with Crippen molar-refractivity contribution in [3.63, 3.8) is 0 Å². The molecule has 4 nitrogen and oxygen atoms in total. The summed E-state index contributed by atoms with van der Waals surface area (Å²) in [6.45, 7) is 2.11. The molecule has 0 spiro atoms. The first-order valence-electron chi connectivity index (χ1n) is 8.10. The van der Waals surface area contributed by atoms with Crippen LogP contribution in [0.5, 0.6) is 0 Å². The Kier molecular flexibility index (Phi) is 5.05. The largest absolute Gasteiger partial charge is 0.375 e. The molecule has 1 heterocycles. The van der Waals surface area contributed by atoms with E-state index in [9.17, 15) is 9.18 Å². The standard InChI is InChI=1S/C17H23FN2O2/c18-14-4-2-1-3-12(14)7-8-20-17(21)13-5-6-16-15(11-13)19-9-10-22-16/h1-4,13,15-16,19H,5-11H2,(H,20,21)/t13-,15+,16+/m0/s1. The van der Waals surface area contributed by atoms with E-state index in [4.69, 9.17) is 4.74 Å². The normalized spacial score (nSPS) is 28.0. The zero-order chi connectivity index (χ0) is 15.4. The van der Waals surface area contributed by atoms with Crippen LogP contribution in [0.3, 0.4) is 0 Å². The molecule has 1 amide bonds. The van der Waals surface area contributed by atoms with E-state index in [0.29, 0.717) is 24.6 Å². The van der Waals surface area contributed by atoms with E-state index in [-0.39, 0.29) is 23.7 Å². The molecule has 3 rings (SSSR count). The van der Waals surface area contributed by atoms with Crippen LogP contribution in [0.15, 0.2) is 24.3 Å². The van der Waals surface area contributed by atoms with Crippen LogP contribution in [-0.2, 0) is 16.0 Å². The van der Waals surface area contributed by atoms with E-state index in [0.717, 1.165) is 32.4 Å². The molecule has 120 valence electrons. The second kappa shape index (κ2) is 7.20. The first-order valence-corrected chi connectivity index (χ1v) is 8.10. The Bertz CT molecular complexity index is 523. The highest BCUT2D eigenvalue weighted by Gasteiger charge is 2.35. The number of hydrogen-bond donors (Lipinski definition) is 2. The number of nitrogens with one attached hydrogen (secondary N) is 2. The summed E-state index contributed by atoms with van der Waals surface area (Å²) in [4.78, 5) is 12.3. The Morgan fingerprint density at radius 2 is 2.23 bits per heavy atom. The predicted molar refractivity (Wildman–Crippen MR) is 82.0 cm³/mol. The van der Waals surface area contributed by atoms with Gasteiger partial charge in [0.2, 0.25) is 5.91 Å². The molecule has 2 fully saturated rings. The fraction of sp³-hybridized carbons (Fsp3) is 0.588.